The highest BCUT2D eigenvalue weighted by atomic mass is 19.1. The second-order valence-electron chi connectivity index (χ2n) is 9.46. The maximum absolute atomic E-state index is 13.5. The van der Waals surface area contributed by atoms with Crippen molar-refractivity contribution in [2.75, 3.05) is 25.1 Å². The average Bonchev–Trinajstić information content (AvgIpc) is 3.56. The average molecular weight is 453 g/mol. The Labute approximate surface area is 192 Å². The molecule has 2 amide bonds. The fourth-order valence-electron chi connectivity index (χ4n) is 4.04. The van der Waals surface area contributed by atoms with Crippen molar-refractivity contribution in [1.82, 2.24) is 14.9 Å². The molecule has 8 heteroatoms. The largest absolute Gasteiger partial charge is 0.395 e. The highest BCUT2D eigenvalue weighted by molar-refractivity contribution is 6.07. The van der Waals surface area contributed by atoms with Gasteiger partial charge in [-0.25, -0.2) is 8.91 Å². The third-order valence-electron chi connectivity index (χ3n) is 5.87. The van der Waals surface area contributed by atoms with Gasteiger partial charge in [-0.05, 0) is 54.7 Å². The van der Waals surface area contributed by atoms with E-state index in [-0.39, 0.29) is 36.7 Å². The van der Waals surface area contributed by atoms with Gasteiger partial charge in [-0.15, -0.1) is 0 Å². The number of rotatable bonds is 6. The van der Waals surface area contributed by atoms with E-state index in [1.165, 1.54) is 12.1 Å². The third kappa shape index (κ3) is 4.35. The van der Waals surface area contributed by atoms with Gasteiger partial charge in [0.25, 0.3) is 5.91 Å². The zero-order valence-electron chi connectivity index (χ0n) is 19.4. The summed E-state index contributed by atoms with van der Waals surface area (Å²) in [5, 5.41) is 17.0. The van der Waals surface area contributed by atoms with Crippen LogP contribution in [-0.2, 0) is 4.79 Å². The molecule has 0 saturated heterocycles. The number of aromatic nitrogens is 2. The Morgan fingerprint density at radius 2 is 1.91 bits per heavy atom. The molecular weight excluding hydrogens is 423 g/mol. The van der Waals surface area contributed by atoms with Gasteiger partial charge in [0, 0.05) is 24.6 Å². The topological polar surface area (TPSA) is 86.9 Å². The molecule has 2 heterocycles. The van der Waals surface area contributed by atoms with Crippen molar-refractivity contribution in [3.63, 3.8) is 0 Å². The smallest absolute Gasteiger partial charge is 0.255 e. The van der Waals surface area contributed by atoms with E-state index in [0.717, 1.165) is 18.4 Å². The number of carbonyl (C=O) groups is 2. The quantitative estimate of drug-likeness (QED) is 0.596. The van der Waals surface area contributed by atoms with Crippen LogP contribution in [0.1, 0.15) is 55.5 Å². The monoisotopic (exact) mass is 452 g/mol. The lowest BCUT2D eigenvalue weighted by molar-refractivity contribution is -0.125. The number of nitrogens with one attached hydrogen (secondary N) is 1. The van der Waals surface area contributed by atoms with E-state index in [0.29, 0.717) is 28.0 Å². The Kier molecular flexibility index (Phi) is 5.97. The van der Waals surface area contributed by atoms with Crippen LogP contribution in [0, 0.1) is 11.2 Å². The Balaban J connectivity index is 1.97. The molecule has 0 spiro atoms. The van der Waals surface area contributed by atoms with Crippen molar-refractivity contribution in [1.29, 1.82) is 0 Å². The van der Waals surface area contributed by atoms with Gasteiger partial charge in [0.1, 0.15) is 11.5 Å². The number of fused-ring (bicyclic) bond motifs is 1. The number of benzene rings is 1. The summed E-state index contributed by atoms with van der Waals surface area (Å²) in [7, 11) is 1.56. The number of anilines is 1. The summed E-state index contributed by atoms with van der Waals surface area (Å²) in [6.07, 6.45) is 3.75. The fourth-order valence-corrected chi connectivity index (χ4v) is 4.04. The molecule has 33 heavy (non-hydrogen) atoms. The SMILES string of the molecule is CNC(=O)c1c(-c2ccc(F)cc2)nn2cc(N(CCO)C(=O)C(C)(C)C)c(C3CC3)cc12. The molecule has 1 aromatic carbocycles. The summed E-state index contributed by atoms with van der Waals surface area (Å²) >= 11 is 0. The number of amides is 2. The van der Waals surface area contributed by atoms with Crippen molar-refractivity contribution in [3.05, 3.63) is 53.5 Å². The number of aliphatic hydroxyl groups excluding tert-OH is 1. The Morgan fingerprint density at radius 3 is 2.45 bits per heavy atom. The molecule has 0 radical (unpaired) electrons. The van der Waals surface area contributed by atoms with Crippen LogP contribution >= 0.6 is 0 Å². The summed E-state index contributed by atoms with van der Waals surface area (Å²) in [6.45, 7) is 5.53. The van der Waals surface area contributed by atoms with E-state index < -0.39 is 5.41 Å². The fraction of sp³-hybridized carbons (Fsp3) is 0.400. The van der Waals surface area contributed by atoms with Crippen LogP contribution in [0.25, 0.3) is 16.8 Å². The standard InChI is InChI=1S/C25H29FN4O3/c1-25(2,3)24(33)29(11-12-31)20-14-30-19(13-18(20)15-5-6-15)21(23(32)27-4)22(28-30)16-7-9-17(26)10-8-16/h7-10,13-15,31H,5-6,11-12H2,1-4H3,(H,27,32). The van der Waals surface area contributed by atoms with Gasteiger partial charge in [-0.2, -0.15) is 5.10 Å². The van der Waals surface area contributed by atoms with E-state index in [2.05, 4.69) is 10.4 Å². The number of halogens is 1. The lowest BCUT2D eigenvalue weighted by atomic mass is 9.93. The number of hydrogen-bond donors (Lipinski definition) is 2. The zero-order chi connectivity index (χ0) is 23.9. The molecule has 2 aromatic heterocycles. The van der Waals surface area contributed by atoms with Crippen LogP contribution in [0.4, 0.5) is 10.1 Å². The van der Waals surface area contributed by atoms with E-state index in [1.807, 2.05) is 26.8 Å². The van der Waals surface area contributed by atoms with Crippen molar-refractivity contribution in [2.45, 2.75) is 39.5 Å². The summed E-state index contributed by atoms with van der Waals surface area (Å²) in [6, 6.07) is 7.77. The zero-order valence-corrected chi connectivity index (χ0v) is 19.4. The van der Waals surface area contributed by atoms with Crippen molar-refractivity contribution in [3.8, 4) is 11.3 Å². The minimum absolute atomic E-state index is 0.102. The van der Waals surface area contributed by atoms with Gasteiger partial charge >= 0.3 is 0 Å². The number of pyridine rings is 1. The molecule has 7 nitrogen and oxygen atoms in total. The Morgan fingerprint density at radius 1 is 1.24 bits per heavy atom. The molecule has 0 atom stereocenters. The molecule has 1 saturated carbocycles. The predicted molar refractivity (Wildman–Crippen MR) is 125 cm³/mol. The van der Waals surface area contributed by atoms with Gasteiger partial charge in [-0.3, -0.25) is 9.59 Å². The van der Waals surface area contributed by atoms with E-state index in [9.17, 15) is 19.1 Å². The van der Waals surface area contributed by atoms with Gasteiger partial charge in [0.2, 0.25) is 5.91 Å². The maximum Gasteiger partial charge on any atom is 0.255 e. The molecule has 3 aromatic rings. The second-order valence-corrected chi connectivity index (χ2v) is 9.46. The molecule has 4 rings (SSSR count). The van der Waals surface area contributed by atoms with E-state index >= 15 is 0 Å². The van der Waals surface area contributed by atoms with Crippen molar-refractivity contribution >= 4 is 23.0 Å². The lowest BCUT2D eigenvalue weighted by Gasteiger charge is -2.30. The maximum atomic E-state index is 13.5. The number of aliphatic hydroxyl groups is 1. The van der Waals surface area contributed by atoms with Crippen LogP contribution in [0.5, 0.6) is 0 Å². The number of hydrogen-bond acceptors (Lipinski definition) is 4. The molecule has 2 N–H and O–H groups in total. The Bertz CT molecular complexity index is 1210. The minimum Gasteiger partial charge on any atom is -0.395 e. The Hall–Kier alpha value is -3.26. The highest BCUT2D eigenvalue weighted by Gasteiger charge is 2.35. The molecule has 0 unspecified atom stereocenters. The number of nitrogens with zero attached hydrogens (tertiary/aromatic N) is 3. The van der Waals surface area contributed by atoms with Crippen molar-refractivity contribution in [2.24, 2.45) is 5.41 Å². The molecular formula is C25H29FN4O3. The lowest BCUT2D eigenvalue weighted by Crippen LogP contribution is -2.42. The summed E-state index contributed by atoms with van der Waals surface area (Å²) in [5.41, 5.74) is 3.08. The van der Waals surface area contributed by atoms with Crippen LogP contribution in [-0.4, -0.2) is 46.7 Å². The van der Waals surface area contributed by atoms with Crippen LogP contribution in [0.2, 0.25) is 0 Å². The van der Waals surface area contributed by atoms with E-state index in [1.54, 1.807) is 34.8 Å². The first kappa shape index (κ1) is 22.9. The first-order valence-electron chi connectivity index (χ1n) is 11.1. The molecule has 1 fully saturated rings. The van der Waals surface area contributed by atoms with Crippen molar-refractivity contribution < 1.29 is 19.1 Å². The van der Waals surface area contributed by atoms with Gasteiger partial charge in [0.15, 0.2) is 0 Å². The third-order valence-corrected chi connectivity index (χ3v) is 5.87. The normalized spacial score (nSPS) is 13.9. The molecule has 1 aliphatic rings. The second kappa shape index (κ2) is 8.59. The first-order valence-corrected chi connectivity index (χ1v) is 11.1. The van der Waals surface area contributed by atoms with Gasteiger partial charge in [-0.1, -0.05) is 20.8 Å². The summed E-state index contributed by atoms with van der Waals surface area (Å²) in [5.74, 6) is -0.490. The van der Waals surface area contributed by atoms with Gasteiger partial charge in [0.05, 0.1) is 29.6 Å². The molecule has 0 aliphatic heterocycles. The molecule has 1 aliphatic carbocycles. The summed E-state index contributed by atoms with van der Waals surface area (Å²) < 4.78 is 15.1. The molecule has 0 bridgehead atoms. The first-order chi connectivity index (χ1) is 15.7. The van der Waals surface area contributed by atoms with Crippen LogP contribution < -0.4 is 10.2 Å². The number of carbonyl (C=O) groups excluding carboxylic acids is 2. The predicted octanol–water partition coefficient (Wildman–Crippen LogP) is 3.75. The van der Waals surface area contributed by atoms with Gasteiger partial charge < -0.3 is 15.3 Å². The highest BCUT2D eigenvalue weighted by Crippen LogP contribution is 2.46. The van der Waals surface area contributed by atoms with Crippen LogP contribution in [0.3, 0.4) is 0 Å². The summed E-state index contributed by atoms with van der Waals surface area (Å²) in [4.78, 5) is 27.7. The minimum atomic E-state index is -0.637. The molecule has 174 valence electrons. The van der Waals surface area contributed by atoms with E-state index in [4.69, 9.17) is 0 Å². The van der Waals surface area contributed by atoms with Crippen LogP contribution in [0.15, 0.2) is 36.5 Å².